The van der Waals surface area contributed by atoms with Crippen molar-refractivity contribution in [1.82, 2.24) is 0 Å². The number of carbonyl (C=O) groups is 1. The predicted molar refractivity (Wildman–Crippen MR) is 121 cm³/mol. The minimum Gasteiger partial charge on any atom is -0.497 e. The molecule has 1 amide bonds. The van der Waals surface area contributed by atoms with Gasteiger partial charge in [0.1, 0.15) is 18.1 Å². The molecular formula is C25H23ClN2O3. The molecule has 6 heteroatoms. The number of para-hydroxylation sites is 1. The van der Waals surface area contributed by atoms with Gasteiger partial charge in [-0.3, -0.25) is 9.69 Å². The molecule has 3 aromatic rings. The van der Waals surface area contributed by atoms with Gasteiger partial charge in [-0.05, 0) is 35.9 Å². The Hall–Kier alpha value is -3.49. The number of halogens is 1. The van der Waals surface area contributed by atoms with E-state index in [4.69, 9.17) is 21.1 Å². The highest BCUT2D eigenvalue weighted by Crippen LogP contribution is 2.34. The summed E-state index contributed by atoms with van der Waals surface area (Å²) in [6.45, 7) is 0.355. The summed E-state index contributed by atoms with van der Waals surface area (Å²) in [7, 11) is 1.57. The van der Waals surface area contributed by atoms with Crippen LogP contribution in [-0.4, -0.2) is 18.9 Å². The second-order valence-corrected chi connectivity index (χ2v) is 7.12. The molecule has 0 aromatic heterocycles. The largest absolute Gasteiger partial charge is 0.497 e. The zero-order valence-electron chi connectivity index (χ0n) is 17.2. The third-order valence-corrected chi connectivity index (χ3v) is 4.95. The number of ether oxygens (including phenoxy) is 2. The molecule has 0 N–H and O–H groups in total. The number of alkyl halides is 1. The van der Waals surface area contributed by atoms with E-state index in [9.17, 15) is 10.1 Å². The molecule has 0 saturated heterocycles. The second kappa shape index (κ2) is 11.1. The average Bonchev–Trinajstić information content (AvgIpc) is 2.82. The van der Waals surface area contributed by atoms with E-state index in [-0.39, 0.29) is 18.2 Å². The van der Waals surface area contributed by atoms with E-state index in [2.05, 4.69) is 6.07 Å². The molecule has 0 aliphatic rings. The maximum absolute atomic E-state index is 13.0. The summed E-state index contributed by atoms with van der Waals surface area (Å²) in [5.41, 5.74) is 2.20. The highest BCUT2D eigenvalue weighted by molar-refractivity contribution is 6.19. The van der Waals surface area contributed by atoms with E-state index >= 15 is 0 Å². The number of rotatable bonds is 9. The van der Waals surface area contributed by atoms with E-state index in [0.29, 0.717) is 29.4 Å². The third kappa shape index (κ3) is 5.56. The van der Waals surface area contributed by atoms with E-state index in [0.717, 1.165) is 5.56 Å². The Kier molecular flexibility index (Phi) is 7.91. The molecule has 0 fully saturated rings. The lowest BCUT2D eigenvalue weighted by Gasteiger charge is -2.29. The monoisotopic (exact) mass is 434 g/mol. The van der Waals surface area contributed by atoms with Gasteiger partial charge in [0.05, 0.1) is 13.2 Å². The molecule has 0 aliphatic carbocycles. The first-order chi connectivity index (χ1) is 15.2. The summed E-state index contributed by atoms with van der Waals surface area (Å²) in [4.78, 5) is 14.4. The molecule has 31 heavy (non-hydrogen) atoms. The number of carbonyl (C=O) groups excluding carboxylic acids is 1. The molecule has 3 aromatic carbocycles. The number of hydrogen-bond acceptors (Lipinski definition) is 4. The van der Waals surface area contributed by atoms with Gasteiger partial charge >= 0.3 is 0 Å². The van der Waals surface area contributed by atoms with Crippen LogP contribution in [0.3, 0.4) is 0 Å². The molecule has 158 valence electrons. The van der Waals surface area contributed by atoms with Crippen molar-refractivity contribution in [3.05, 3.63) is 90.0 Å². The summed E-state index contributed by atoms with van der Waals surface area (Å²) in [5, 5.41) is 10.1. The van der Waals surface area contributed by atoms with E-state index in [1.165, 1.54) is 4.90 Å². The number of methoxy groups -OCH3 is 1. The van der Waals surface area contributed by atoms with Crippen molar-refractivity contribution >= 4 is 23.2 Å². The Labute approximate surface area is 187 Å². The van der Waals surface area contributed by atoms with Crippen molar-refractivity contribution < 1.29 is 14.3 Å². The smallest absolute Gasteiger partial charge is 0.229 e. The third-order valence-electron chi connectivity index (χ3n) is 4.76. The van der Waals surface area contributed by atoms with Crippen LogP contribution in [0, 0.1) is 11.3 Å². The van der Waals surface area contributed by atoms with Gasteiger partial charge in [0.15, 0.2) is 6.04 Å². The maximum Gasteiger partial charge on any atom is 0.229 e. The van der Waals surface area contributed by atoms with Crippen molar-refractivity contribution in [2.24, 2.45) is 0 Å². The van der Waals surface area contributed by atoms with Crippen LogP contribution in [0.1, 0.15) is 23.6 Å². The van der Waals surface area contributed by atoms with Crippen molar-refractivity contribution in [2.45, 2.75) is 19.1 Å². The number of nitrogens with zero attached hydrogens (tertiary/aromatic N) is 2. The lowest BCUT2D eigenvalue weighted by Crippen LogP contribution is -2.34. The highest BCUT2D eigenvalue weighted by Gasteiger charge is 2.28. The Balaban J connectivity index is 1.96. The summed E-state index contributed by atoms with van der Waals surface area (Å²) in [5.74, 6) is 1.13. The molecule has 3 rings (SSSR count). The first-order valence-electron chi connectivity index (χ1n) is 9.85. The van der Waals surface area contributed by atoms with Crippen LogP contribution in [0.2, 0.25) is 0 Å². The number of benzene rings is 3. The lowest BCUT2D eigenvalue weighted by atomic mass is 10.0. The Morgan fingerprint density at radius 1 is 1.03 bits per heavy atom. The molecule has 0 aliphatic heterocycles. The Bertz CT molecular complexity index is 1030. The summed E-state index contributed by atoms with van der Waals surface area (Å²) < 4.78 is 11.2. The number of amides is 1. The highest BCUT2D eigenvalue weighted by atomic mass is 35.5. The normalized spacial score (nSPS) is 11.3. The van der Waals surface area contributed by atoms with Gasteiger partial charge in [0, 0.05) is 23.6 Å². The molecule has 0 unspecified atom stereocenters. The quantitative estimate of drug-likeness (QED) is 0.417. The number of nitriles is 1. The first-order valence-corrected chi connectivity index (χ1v) is 10.4. The SMILES string of the molecule is COc1ccc(N(C(=O)CCCl)[C@@H](C#N)c2ccccc2OCc2ccccc2)cc1. The fraction of sp³-hybridized carbons (Fsp3) is 0.200. The summed E-state index contributed by atoms with van der Waals surface area (Å²) in [6.07, 6.45) is 0.110. The lowest BCUT2D eigenvalue weighted by molar-refractivity contribution is -0.118. The molecule has 0 saturated carbocycles. The molecule has 0 radical (unpaired) electrons. The van der Waals surface area contributed by atoms with Gasteiger partial charge in [-0.1, -0.05) is 48.5 Å². The van der Waals surface area contributed by atoms with Crippen LogP contribution in [0.15, 0.2) is 78.9 Å². The van der Waals surface area contributed by atoms with Crippen molar-refractivity contribution in [2.75, 3.05) is 17.9 Å². The summed E-state index contributed by atoms with van der Waals surface area (Å²) in [6, 6.07) is 25.5. The zero-order valence-corrected chi connectivity index (χ0v) is 18.0. The molecule has 0 heterocycles. The van der Waals surface area contributed by atoms with Crippen LogP contribution < -0.4 is 14.4 Å². The van der Waals surface area contributed by atoms with Gasteiger partial charge in [0.2, 0.25) is 5.91 Å². The van der Waals surface area contributed by atoms with Gasteiger partial charge in [0.25, 0.3) is 0 Å². The van der Waals surface area contributed by atoms with Crippen LogP contribution in [0.5, 0.6) is 11.5 Å². The number of hydrogen-bond donors (Lipinski definition) is 0. The average molecular weight is 435 g/mol. The topological polar surface area (TPSA) is 62.6 Å². The molecule has 0 spiro atoms. The van der Waals surface area contributed by atoms with Crippen molar-refractivity contribution in [1.29, 1.82) is 5.26 Å². The van der Waals surface area contributed by atoms with Gasteiger partial charge in [-0.15, -0.1) is 11.6 Å². The van der Waals surface area contributed by atoms with Gasteiger partial charge in [-0.2, -0.15) is 5.26 Å². The van der Waals surface area contributed by atoms with Crippen LogP contribution in [0.25, 0.3) is 0 Å². The fourth-order valence-electron chi connectivity index (χ4n) is 3.22. The second-order valence-electron chi connectivity index (χ2n) is 6.74. The van der Waals surface area contributed by atoms with Crippen LogP contribution >= 0.6 is 11.6 Å². The minimum atomic E-state index is -0.879. The molecule has 0 bridgehead atoms. The predicted octanol–water partition coefficient (Wildman–Crippen LogP) is 5.50. The molecule has 1 atom stereocenters. The van der Waals surface area contributed by atoms with E-state index in [1.807, 2.05) is 42.5 Å². The van der Waals surface area contributed by atoms with Gasteiger partial charge < -0.3 is 9.47 Å². The van der Waals surface area contributed by atoms with Gasteiger partial charge in [-0.25, -0.2) is 0 Å². The minimum absolute atomic E-state index is 0.110. The van der Waals surface area contributed by atoms with Crippen molar-refractivity contribution in [3.8, 4) is 17.6 Å². The molecular weight excluding hydrogens is 412 g/mol. The van der Waals surface area contributed by atoms with Crippen LogP contribution in [0.4, 0.5) is 5.69 Å². The van der Waals surface area contributed by atoms with Crippen LogP contribution in [-0.2, 0) is 11.4 Å². The van der Waals surface area contributed by atoms with E-state index < -0.39 is 6.04 Å². The zero-order chi connectivity index (χ0) is 22.1. The maximum atomic E-state index is 13.0. The standard InChI is InChI=1S/C25H23ClN2O3/c1-30-21-13-11-20(12-14-21)28(25(29)15-16-26)23(17-27)22-9-5-6-10-24(22)31-18-19-7-3-2-4-8-19/h2-14,23H,15-16,18H2,1H3/t23-/m0/s1. The fourth-order valence-corrected chi connectivity index (χ4v) is 3.38. The Morgan fingerprint density at radius 2 is 1.71 bits per heavy atom. The number of anilines is 1. The van der Waals surface area contributed by atoms with E-state index in [1.54, 1.807) is 43.5 Å². The Morgan fingerprint density at radius 3 is 2.35 bits per heavy atom. The molecule has 5 nitrogen and oxygen atoms in total. The van der Waals surface area contributed by atoms with Crippen molar-refractivity contribution in [3.63, 3.8) is 0 Å². The summed E-state index contributed by atoms with van der Waals surface area (Å²) >= 11 is 5.84. The first kappa shape index (κ1) is 22.2.